The van der Waals surface area contributed by atoms with Crippen LogP contribution in [0.5, 0.6) is 0 Å². The van der Waals surface area contributed by atoms with Gasteiger partial charge < -0.3 is 10.6 Å². The van der Waals surface area contributed by atoms with Crippen LogP contribution in [-0.2, 0) is 6.42 Å². The zero-order valence-corrected chi connectivity index (χ0v) is 14.9. The summed E-state index contributed by atoms with van der Waals surface area (Å²) >= 11 is 0. The lowest BCUT2D eigenvalue weighted by Gasteiger charge is -2.07. The summed E-state index contributed by atoms with van der Waals surface area (Å²) < 4.78 is 0. The Labute approximate surface area is 158 Å². The molecule has 2 aromatic carbocycles. The van der Waals surface area contributed by atoms with Gasteiger partial charge in [-0.2, -0.15) is 0 Å². The molecule has 0 aliphatic heterocycles. The Balaban J connectivity index is 1.53. The number of nitrogens with zero attached hydrogens (tertiary/aromatic N) is 1. The standard InChI is InChI=1S/C22H21N3O2/c26-21(23-16-8-11-17-9-3-1-4-10-17)19-14-7-15-20(25-19)22(27)24-18-12-5-2-6-13-18/h1-7,9-10,12-15H,8,11,16H2,(H,23,26)(H,24,27). The van der Waals surface area contributed by atoms with Crippen LogP contribution in [0.1, 0.15) is 33.0 Å². The van der Waals surface area contributed by atoms with E-state index in [0.717, 1.165) is 12.8 Å². The minimum Gasteiger partial charge on any atom is -0.351 e. The van der Waals surface area contributed by atoms with Gasteiger partial charge in [0, 0.05) is 12.2 Å². The number of carbonyl (C=O) groups excluding carboxylic acids is 2. The van der Waals surface area contributed by atoms with Gasteiger partial charge in [0.1, 0.15) is 11.4 Å². The number of aromatic nitrogens is 1. The van der Waals surface area contributed by atoms with Crippen LogP contribution < -0.4 is 10.6 Å². The highest BCUT2D eigenvalue weighted by Crippen LogP contribution is 2.08. The molecule has 2 amide bonds. The molecule has 0 bridgehead atoms. The van der Waals surface area contributed by atoms with Crippen LogP contribution in [0.2, 0.25) is 0 Å². The summed E-state index contributed by atoms with van der Waals surface area (Å²) in [5.41, 5.74) is 2.36. The molecule has 0 radical (unpaired) electrons. The van der Waals surface area contributed by atoms with Gasteiger partial charge in [-0.15, -0.1) is 0 Å². The number of anilines is 1. The number of aryl methyl sites for hydroxylation is 1. The molecule has 0 saturated heterocycles. The maximum atomic E-state index is 12.3. The number of nitrogens with one attached hydrogen (secondary N) is 2. The number of carbonyl (C=O) groups is 2. The molecule has 2 N–H and O–H groups in total. The van der Waals surface area contributed by atoms with Crippen molar-refractivity contribution in [2.75, 3.05) is 11.9 Å². The molecule has 0 fully saturated rings. The van der Waals surface area contributed by atoms with Crippen LogP contribution in [0, 0.1) is 0 Å². The van der Waals surface area contributed by atoms with Crippen molar-refractivity contribution in [2.24, 2.45) is 0 Å². The Morgan fingerprint density at radius 1 is 0.741 bits per heavy atom. The van der Waals surface area contributed by atoms with Crippen LogP contribution >= 0.6 is 0 Å². The summed E-state index contributed by atoms with van der Waals surface area (Å²) in [5.74, 6) is -0.627. The lowest BCUT2D eigenvalue weighted by atomic mass is 10.1. The quantitative estimate of drug-likeness (QED) is 0.632. The van der Waals surface area contributed by atoms with Gasteiger partial charge in [-0.3, -0.25) is 9.59 Å². The fourth-order valence-electron chi connectivity index (χ4n) is 2.63. The van der Waals surface area contributed by atoms with E-state index in [1.165, 1.54) is 5.56 Å². The van der Waals surface area contributed by atoms with Gasteiger partial charge in [-0.1, -0.05) is 54.6 Å². The molecule has 0 atom stereocenters. The first-order chi connectivity index (χ1) is 13.2. The average molecular weight is 359 g/mol. The zero-order chi connectivity index (χ0) is 18.9. The average Bonchev–Trinajstić information content (AvgIpc) is 2.72. The first kappa shape index (κ1) is 18.3. The van der Waals surface area contributed by atoms with Crippen molar-refractivity contribution in [2.45, 2.75) is 12.8 Å². The number of hydrogen-bond acceptors (Lipinski definition) is 3. The maximum Gasteiger partial charge on any atom is 0.274 e. The maximum absolute atomic E-state index is 12.3. The van der Waals surface area contributed by atoms with Crippen molar-refractivity contribution < 1.29 is 9.59 Å². The fraction of sp³-hybridized carbons (Fsp3) is 0.136. The van der Waals surface area contributed by atoms with Crippen molar-refractivity contribution in [3.63, 3.8) is 0 Å². The van der Waals surface area contributed by atoms with Gasteiger partial charge >= 0.3 is 0 Å². The third-order valence-electron chi connectivity index (χ3n) is 4.02. The third-order valence-corrected chi connectivity index (χ3v) is 4.02. The minimum atomic E-state index is -0.347. The monoisotopic (exact) mass is 359 g/mol. The van der Waals surface area contributed by atoms with E-state index < -0.39 is 0 Å². The van der Waals surface area contributed by atoms with Gasteiger partial charge in [0.05, 0.1) is 0 Å². The molecular weight excluding hydrogens is 338 g/mol. The van der Waals surface area contributed by atoms with E-state index in [0.29, 0.717) is 12.2 Å². The predicted molar refractivity (Wildman–Crippen MR) is 106 cm³/mol. The SMILES string of the molecule is O=C(NCCCc1ccccc1)c1cccc(C(=O)Nc2ccccc2)n1. The van der Waals surface area contributed by atoms with E-state index in [1.807, 2.05) is 36.4 Å². The number of benzene rings is 2. The second kappa shape index (κ2) is 9.29. The highest BCUT2D eigenvalue weighted by Gasteiger charge is 2.12. The number of hydrogen-bond donors (Lipinski definition) is 2. The highest BCUT2D eigenvalue weighted by molar-refractivity contribution is 6.03. The van der Waals surface area contributed by atoms with Crippen molar-refractivity contribution in [3.8, 4) is 0 Å². The molecule has 3 aromatic rings. The van der Waals surface area contributed by atoms with E-state index in [-0.39, 0.29) is 23.2 Å². The Morgan fingerprint density at radius 3 is 2.07 bits per heavy atom. The summed E-state index contributed by atoms with van der Waals surface area (Å²) in [5, 5.41) is 5.61. The Morgan fingerprint density at radius 2 is 1.37 bits per heavy atom. The lowest BCUT2D eigenvalue weighted by Crippen LogP contribution is -2.26. The first-order valence-electron chi connectivity index (χ1n) is 8.88. The zero-order valence-electron chi connectivity index (χ0n) is 14.9. The Bertz CT molecular complexity index is 896. The van der Waals surface area contributed by atoms with Gasteiger partial charge in [-0.05, 0) is 42.7 Å². The summed E-state index contributed by atoms with van der Waals surface area (Å²) in [6.45, 7) is 0.551. The molecule has 0 saturated carbocycles. The van der Waals surface area contributed by atoms with Crippen LogP contribution in [0.3, 0.4) is 0 Å². The van der Waals surface area contributed by atoms with Crippen molar-refractivity contribution in [3.05, 3.63) is 95.8 Å². The summed E-state index contributed by atoms with van der Waals surface area (Å²) in [6, 6.07) is 24.1. The van der Waals surface area contributed by atoms with E-state index in [2.05, 4.69) is 27.8 Å². The fourth-order valence-corrected chi connectivity index (χ4v) is 2.63. The van der Waals surface area contributed by atoms with Crippen LogP contribution in [0.4, 0.5) is 5.69 Å². The van der Waals surface area contributed by atoms with E-state index in [9.17, 15) is 9.59 Å². The van der Waals surface area contributed by atoms with Crippen molar-refractivity contribution in [1.82, 2.24) is 10.3 Å². The number of rotatable bonds is 7. The van der Waals surface area contributed by atoms with Crippen LogP contribution in [0.15, 0.2) is 78.9 Å². The van der Waals surface area contributed by atoms with E-state index in [4.69, 9.17) is 0 Å². The number of para-hydroxylation sites is 1. The summed E-state index contributed by atoms with van der Waals surface area (Å²) in [7, 11) is 0. The van der Waals surface area contributed by atoms with E-state index >= 15 is 0 Å². The van der Waals surface area contributed by atoms with Crippen LogP contribution in [0.25, 0.3) is 0 Å². The van der Waals surface area contributed by atoms with E-state index in [1.54, 1.807) is 30.3 Å². The molecule has 5 nitrogen and oxygen atoms in total. The van der Waals surface area contributed by atoms with Crippen LogP contribution in [-0.4, -0.2) is 23.3 Å². The molecule has 1 aromatic heterocycles. The molecule has 5 heteroatoms. The van der Waals surface area contributed by atoms with Crippen molar-refractivity contribution >= 4 is 17.5 Å². The molecule has 0 aliphatic carbocycles. The summed E-state index contributed by atoms with van der Waals surface area (Å²) in [6.07, 6.45) is 1.73. The van der Waals surface area contributed by atoms with Gasteiger partial charge in [0.15, 0.2) is 0 Å². The largest absolute Gasteiger partial charge is 0.351 e. The third kappa shape index (κ3) is 5.51. The molecule has 0 aliphatic rings. The Kier molecular flexibility index (Phi) is 6.30. The number of amides is 2. The van der Waals surface area contributed by atoms with Gasteiger partial charge in [-0.25, -0.2) is 4.98 Å². The Hall–Kier alpha value is -3.47. The molecular formula is C22H21N3O2. The summed E-state index contributed by atoms with van der Waals surface area (Å²) in [4.78, 5) is 28.8. The molecule has 0 unspecified atom stereocenters. The van der Waals surface area contributed by atoms with Gasteiger partial charge in [0.2, 0.25) is 0 Å². The minimum absolute atomic E-state index is 0.204. The molecule has 136 valence electrons. The second-order valence-corrected chi connectivity index (χ2v) is 6.07. The molecule has 27 heavy (non-hydrogen) atoms. The molecule has 3 rings (SSSR count). The normalized spacial score (nSPS) is 10.2. The molecule has 0 spiro atoms. The predicted octanol–water partition coefficient (Wildman–Crippen LogP) is 3.70. The topological polar surface area (TPSA) is 71.1 Å². The second-order valence-electron chi connectivity index (χ2n) is 6.07. The highest BCUT2D eigenvalue weighted by atomic mass is 16.2. The van der Waals surface area contributed by atoms with Gasteiger partial charge in [0.25, 0.3) is 11.8 Å². The first-order valence-corrected chi connectivity index (χ1v) is 8.88. The smallest absolute Gasteiger partial charge is 0.274 e. The number of pyridine rings is 1. The van der Waals surface area contributed by atoms with Crippen molar-refractivity contribution in [1.29, 1.82) is 0 Å². The molecule has 1 heterocycles. The lowest BCUT2D eigenvalue weighted by molar-refractivity contribution is 0.0948.